The van der Waals surface area contributed by atoms with Gasteiger partial charge in [0.25, 0.3) is 5.91 Å². The van der Waals surface area contributed by atoms with Crippen LogP contribution in [0.3, 0.4) is 0 Å². The number of ether oxygens (including phenoxy) is 1. The maximum absolute atomic E-state index is 13.7. The molecule has 2 aromatic carbocycles. The highest BCUT2D eigenvalue weighted by Crippen LogP contribution is 2.30. The Labute approximate surface area is 194 Å². The number of benzene rings is 2. The predicted octanol–water partition coefficient (Wildman–Crippen LogP) is 3.64. The fourth-order valence-electron chi connectivity index (χ4n) is 4.23. The summed E-state index contributed by atoms with van der Waals surface area (Å²) in [5, 5.41) is 0. The Morgan fingerprint density at radius 3 is 2.64 bits per heavy atom. The minimum Gasteiger partial charge on any atom is -0.376 e. The van der Waals surface area contributed by atoms with Gasteiger partial charge in [-0.05, 0) is 38.8 Å². The summed E-state index contributed by atoms with van der Waals surface area (Å²) in [4.78, 5) is 20.2. The van der Waals surface area contributed by atoms with E-state index in [4.69, 9.17) is 9.72 Å². The van der Waals surface area contributed by atoms with Gasteiger partial charge in [-0.15, -0.1) is 0 Å². The molecule has 1 aliphatic rings. The summed E-state index contributed by atoms with van der Waals surface area (Å²) in [6.07, 6.45) is 1.95. The van der Waals surface area contributed by atoms with E-state index in [9.17, 15) is 13.2 Å². The summed E-state index contributed by atoms with van der Waals surface area (Å²) >= 11 is 0. The van der Waals surface area contributed by atoms with Gasteiger partial charge in [0.15, 0.2) is 0 Å². The summed E-state index contributed by atoms with van der Waals surface area (Å²) in [6, 6.07) is 13.0. The van der Waals surface area contributed by atoms with Crippen molar-refractivity contribution in [2.24, 2.45) is 7.05 Å². The minimum absolute atomic E-state index is 0.0255. The lowest BCUT2D eigenvalue weighted by Gasteiger charge is -2.25. The smallest absolute Gasteiger partial charge is 0.256 e. The summed E-state index contributed by atoms with van der Waals surface area (Å²) in [5.41, 5.74) is 2.89. The van der Waals surface area contributed by atoms with Crippen molar-refractivity contribution < 1.29 is 17.9 Å². The molecule has 1 aliphatic heterocycles. The zero-order chi connectivity index (χ0) is 23.6. The van der Waals surface area contributed by atoms with Crippen LogP contribution < -0.4 is 4.72 Å². The number of nitrogens with zero attached hydrogens (tertiary/aromatic N) is 3. The van der Waals surface area contributed by atoms with Crippen LogP contribution >= 0.6 is 0 Å². The molecular weight excluding hydrogens is 440 g/mol. The first kappa shape index (κ1) is 23.3. The van der Waals surface area contributed by atoms with Crippen LogP contribution in [-0.4, -0.2) is 60.3 Å². The highest BCUT2D eigenvalue weighted by molar-refractivity contribution is 7.92. The fraction of sp³-hybridized carbons (Fsp3) is 0.417. The third-order valence-electron chi connectivity index (χ3n) is 6.00. The van der Waals surface area contributed by atoms with Gasteiger partial charge in [0, 0.05) is 32.3 Å². The molecule has 0 saturated carbocycles. The number of nitrogens with one attached hydrogen (secondary N) is 1. The van der Waals surface area contributed by atoms with Crippen LogP contribution in [0.15, 0.2) is 42.5 Å². The Hall–Kier alpha value is -2.91. The molecule has 33 heavy (non-hydrogen) atoms. The number of amides is 1. The number of rotatable bonds is 8. The molecular formula is C24H30N4O4S. The van der Waals surface area contributed by atoms with E-state index in [0.717, 1.165) is 25.0 Å². The molecule has 1 saturated heterocycles. The molecule has 4 rings (SSSR count). The molecule has 0 radical (unpaired) electrons. The van der Waals surface area contributed by atoms with Gasteiger partial charge in [0.1, 0.15) is 5.82 Å². The van der Waals surface area contributed by atoms with Gasteiger partial charge in [-0.1, -0.05) is 30.3 Å². The van der Waals surface area contributed by atoms with E-state index in [1.807, 2.05) is 48.9 Å². The first-order valence-corrected chi connectivity index (χ1v) is 13.0. The largest absolute Gasteiger partial charge is 0.376 e. The van der Waals surface area contributed by atoms with Crippen LogP contribution in [0.2, 0.25) is 0 Å². The second-order valence-corrected chi connectivity index (χ2v) is 10.2. The lowest BCUT2D eigenvalue weighted by molar-refractivity contribution is 0.0540. The molecule has 1 N–H and O–H groups in total. The van der Waals surface area contributed by atoms with Crippen LogP contribution in [0.25, 0.3) is 22.4 Å². The zero-order valence-electron chi connectivity index (χ0n) is 19.2. The van der Waals surface area contributed by atoms with Crippen molar-refractivity contribution in [1.82, 2.24) is 14.5 Å². The normalized spacial score (nSPS) is 16.3. The van der Waals surface area contributed by atoms with Crippen molar-refractivity contribution in [2.45, 2.75) is 32.8 Å². The van der Waals surface area contributed by atoms with Crippen LogP contribution in [0.5, 0.6) is 0 Å². The number of carbonyl (C=O) groups excluding carboxylic acids is 1. The van der Waals surface area contributed by atoms with Crippen molar-refractivity contribution in [2.75, 3.05) is 30.2 Å². The van der Waals surface area contributed by atoms with Gasteiger partial charge >= 0.3 is 0 Å². The van der Waals surface area contributed by atoms with Crippen LogP contribution in [0, 0.1) is 0 Å². The van der Waals surface area contributed by atoms with Gasteiger partial charge in [-0.3, -0.25) is 9.52 Å². The number of likely N-dealkylation sites (N-methyl/N-ethyl adjacent to an activating group) is 1. The topological polar surface area (TPSA) is 93.5 Å². The highest BCUT2D eigenvalue weighted by Gasteiger charge is 2.26. The summed E-state index contributed by atoms with van der Waals surface area (Å²) in [5.74, 6) is 0.474. The molecule has 1 aromatic heterocycles. The third kappa shape index (κ3) is 4.89. The van der Waals surface area contributed by atoms with Gasteiger partial charge in [-0.2, -0.15) is 0 Å². The van der Waals surface area contributed by atoms with Gasteiger partial charge in [-0.25, -0.2) is 13.4 Å². The SMILES string of the molecule is CCN(CC1CCCO1)C(=O)c1cc(NS(=O)(=O)CC)cc2nc(-c3ccccc3)n(C)c12. The number of fused-ring (bicyclic) bond motifs is 1. The lowest BCUT2D eigenvalue weighted by Crippen LogP contribution is -2.37. The average Bonchev–Trinajstić information content (AvgIpc) is 3.44. The molecule has 2 heterocycles. The Morgan fingerprint density at radius 2 is 2.00 bits per heavy atom. The fourth-order valence-corrected chi connectivity index (χ4v) is 4.85. The van der Waals surface area contributed by atoms with E-state index < -0.39 is 10.0 Å². The molecule has 0 spiro atoms. The van der Waals surface area contributed by atoms with Crippen LogP contribution in [0.4, 0.5) is 5.69 Å². The number of aryl methyl sites for hydroxylation is 1. The molecule has 176 valence electrons. The van der Waals surface area contributed by atoms with Crippen molar-refractivity contribution >= 4 is 32.7 Å². The number of sulfonamides is 1. The van der Waals surface area contributed by atoms with E-state index >= 15 is 0 Å². The Morgan fingerprint density at radius 1 is 1.24 bits per heavy atom. The maximum Gasteiger partial charge on any atom is 0.256 e. The van der Waals surface area contributed by atoms with Gasteiger partial charge < -0.3 is 14.2 Å². The number of hydrogen-bond acceptors (Lipinski definition) is 5. The first-order chi connectivity index (χ1) is 15.8. The molecule has 1 atom stereocenters. The van der Waals surface area contributed by atoms with Gasteiger partial charge in [0.2, 0.25) is 10.0 Å². The molecule has 0 bridgehead atoms. The highest BCUT2D eigenvalue weighted by atomic mass is 32.2. The van der Waals surface area contributed by atoms with Crippen molar-refractivity contribution in [3.05, 3.63) is 48.0 Å². The summed E-state index contributed by atoms with van der Waals surface area (Å²) in [6.45, 7) is 5.25. The van der Waals surface area contributed by atoms with Crippen molar-refractivity contribution in [3.8, 4) is 11.4 Å². The molecule has 1 unspecified atom stereocenters. The number of aromatic nitrogens is 2. The zero-order valence-corrected chi connectivity index (χ0v) is 20.1. The van der Waals surface area contributed by atoms with E-state index in [2.05, 4.69) is 4.72 Å². The van der Waals surface area contributed by atoms with E-state index in [0.29, 0.717) is 41.2 Å². The lowest BCUT2D eigenvalue weighted by atomic mass is 10.1. The second kappa shape index (κ2) is 9.52. The van der Waals surface area contributed by atoms with Crippen LogP contribution in [0.1, 0.15) is 37.0 Å². The number of anilines is 1. The standard InChI is InChI=1S/C24H30N4O4S/c1-4-28(16-19-12-9-13-32-19)24(29)20-14-18(26-33(30,31)5-2)15-21-22(20)27(3)23(25-21)17-10-7-6-8-11-17/h6-8,10-11,14-15,19,26H,4-5,9,12-13,16H2,1-3H3. The predicted molar refractivity (Wildman–Crippen MR) is 130 cm³/mol. The maximum atomic E-state index is 13.7. The molecule has 3 aromatic rings. The number of imidazole rings is 1. The number of hydrogen-bond donors (Lipinski definition) is 1. The average molecular weight is 471 g/mol. The molecule has 8 nitrogen and oxygen atoms in total. The third-order valence-corrected chi connectivity index (χ3v) is 7.31. The van der Waals surface area contributed by atoms with Crippen molar-refractivity contribution in [3.63, 3.8) is 0 Å². The second-order valence-electron chi connectivity index (χ2n) is 8.24. The van der Waals surface area contributed by atoms with Crippen LogP contribution in [-0.2, 0) is 21.8 Å². The quantitative estimate of drug-likeness (QED) is 0.543. The Balaban J connectivity index is 1.84. The van der Waals surface area contributed by atoms with E-state index in [1.54, 1.807) is 24.0 Å². The number of carbonyl (C=O) groups is 1. The summed E-state index contributed by atoms with van der Waals surface area (Å²) < 4.78 is 34.7. The molecule has 1 amide bonds. The van der Waals surface area contributed by atoms with Gasteiger partial charge in [0.05, 0.1) is 34.1 Å². The van der Waals surface area contributed by atoms with Crippen molar-refractivity contribution in [1.29, 1.82) is 0 Å². The van der Waals surface area contributed by atoms with E-state index in [-0.39, 0.29) is 17.8 Å². The molecule has 0 aliphatic carbocycles. The molecule has 1 fully saturated rings. The summed E-state index contributed by atoms with van der Waals surface area (Å²) in [7, 11) is -1.64. The molecule has 9 heteroatoms. The Bertz CT molecular complexity index is 1250. The first-order valence-electron chi connectivity index (χ1n) is 11.3. The monoisotopic (exact) mass is 470 g/mol. The Kier molecular flexibility index (Phi) is 6.71. The van der Waals surface area contributed by atoms with E-state index in [1.165, 1.54) is 0 Å². The minimum atomic E-state index is -3.51.